The quantitative estimate of drug-likeness (QED) is 0.594. The molecule has 2 aromatic rings. The summed E-state index contributed by atoms with van der Waals surface area (Å²) in [6.07, 6.45) is -9.51. The van der Waals surface area contributed by atoms with E-state index in [2.05, 4.69) is 5.32 Å². The summed E-state index contributed by atoms with van der Waals surface area (Å²) in [7, 11) is 0. The second-order valence-corrected chi connectivity index (χ2v) is 6.98. The molecule has 0 aliphatic carbocycles. The number of carbonyl (C=O) groups is 1. The zero-order chi connectivity index (χ0) is 23.0. The molecule has 0 unspecified atom stereocenters. The van der Waals surface area contributed by atoms with Crippen molar-refractivity contribution in [1.29, 1.82) is 0 Å². The van der Waals surface area contributed by atoms with Gasteiger partial charge in [0.15, 0.2) is 0 Å². The molecule has 166 valence electrons. The fourth-order valence-corrected chi connectivity index (χ4v) is 3.16. The van der Waals surface area contributed by atoms with Crippen molar-refractivity contribution in [3.05, 3.63) is 82.7 Å². The molecule has 0 saturated carbocycles. The van der Waals surface area contributed by atoms with Gasteiger partial charge in [-0.05, 0) is 48.4 Å². The lowest BCUT2D eigenvalue weighted by atomic mass is 9.99. The van der Waals surface area contributed by atoms with Crippen LogP contribution in [0, 0.1) is 5.82 Å². The number of amides is 1. The maximum atomic E-state index is 13.3. The first-order valence-electron chi connectivity index (χ1n) is 9.03. The number of ether oxygens (including phenoxy) is 1. The number of carbonyl (C=O) groups excluding carboxylic acids is 1. The molecular weight excluding hydrogens is 431 g/mol. The SMILES string of the molecule is C[C@@H](O[C@@H](c1ccc(F)cc1)[C@H]1C=CC(=O)N1)c1cc(C(F)(F)F)cc(C(F)(F)F)c1. The third kappa shape index (κ3) is 5.43. The predicted molar refractivity (Wildman–Crippen MR) is 96.2 cm³/mol. The van der Waals surface area contributed by atoms with Crippen LogP contribution in [0.2, 0.25) is 0 Å². The maximum Gasteiger partial charge on any atom is 0.416 e. The van der Waals surface area contributed by atoms with Crippen LogP contribution in [0.15, 0.2) is 54.6 Å². The van der Waals surface area contributed by atoms with Crippen molar-refractivity contribution in [3.8, 4) is 0 Å². The Morgan fingerprint density at radius 1 is 0.903 bits per heavy atom. The van der Waals surface area contributed by atoms with E-state index in [9.17, 15) is 35.5 Å². The molecule has 1 aliphatic heterocycles. The summed E-state index contributed by atoms with van der Waals surface area (Å²) in [6.45, 7) is 1.30. The molecular formula is C21H16F7NO2. The van der Waals surface area contributed by atoms with Crippen molar-refractivity contribution in [2.24, 2.45) is 0 Å². The van der Waals surface area contributed by atoms with Crippen LogP contribution in [0.25, 0.3) is 0 Å². The van der Waals surface area contributed by atoms with Gasteiger partial charge < -0.3 is 10.1 Å². The summed E-state index contributed by atoms with van der Waals surface area (Å²) in [4.78, 5) is 11.5. The van der Waals surface area contributed by atoms with E-state index in [1.54, 1.807) is 0 Å². The molecule has 2 aromatic carbocycles. The maximum absolute atomic E-state index is 13.3. The third-order valence-electron chi connectivity index (χ3n) is 4.72. The normalized spacial score (nSPS) is 18.7. The Hall–Kier alpha value is -2.88. The van der Waals surface area contributed by atoms with Crippen LogP contribution >= 0.6 is 0 Å². The average molecular weight is 447 g/mol. The monoisotopic (exact) mass is 447 g/mol. The average Bonchev–Trinajstić information content (AvgIpc) is 3.11. The molecule has 0 radical (unpaired) electrons. The number of hydrogen-bond acceptors (Lipinski definition) is 2. The Kier molecular flexibility index (Phi) is 6.13. The van der Waals surface area contributed by atoms with E-state index < -0.39 is 53.5 Å². The van der Waals surface area contributed by atoms with Crippen molar-refractivity contribution in [1.82, 2.24) is 5.32 Å². The summed E-state index contributed by atoms with van der Waals surface area (Å²) >= 11 is 0. The lowest BCUT2D eigenvalue weighted by Crippen LogP contribution is -2.34. The number of halogens is 7. The van der Waals surface area contributed by atoms with Crippen molar-refractivity contribution in [2.75, 3.05) is 0 Å². The molecule has 0 aromatic heterocycles. The molecule has 0 saturated heterocycles. The van der Waals surface area contributed by atoms with Crippen LogP contribution in [-0.2, 0) is 21.9 Å². The third-order valence-corrected chi connectivity index (χ3v) is 4.72. The fourth-order valence-electron chi connectivity index (χ4n) is 3.16. The molecule has 0 fully saturated rings. The highest BCUT2D eigenvalue weighted by atomic mass is 19.4. The van der Waals surface area contributed by atoms with E-state index in [0.717, 1.165) is 12.1 Å². The minimum atomic E-state index is -4.99. The first-order valence-corrected chi connectivity index (χ1v) is 9.03. The first-order chi connectivity index (χ1) is 14.3. The second-order valence-electron chi connectivity index (χ2n) is 6.98. The van der Waals surface area contributed by atoms with Gasteiger partial charge in [0.05, 0.1) is 23.3 Å². The van der Waals surface area contributed by atoms with E-state index >= 15 is 0 Å². The standard InChI is InChI=1S/C21H16F7NO2/c1-11(13-8-14(20(23,24)25)10-15(9-13)21(26,27)28)31-19(17-6-7-18(30)29-17)12-2-4-16(22)5-3-12/h2-11,17,19H,1H3,(H,29,30)/t11-,17-,19+/m1/s1. The highest BCUT2D eigenvalue weighted by Crippen LogP contribution is 2.39. The number of nitrogens with one attached hydrogen (secondary N) is 1. The van der Waals surface area contributed by atoms with E-state index in [1.807, 2.05) is 0 Å². The Morgan fingerprint density at radius 2 is 1.45 bits per heavy atom. The van der Waals surface area contributed by atoms with E-state index in [0.29, 0.717) is 17.7 Å². The van der Waals surface area contributed by atoms with Crippen LogP contribution in [0.5, 0.6) is 0 Å². The Labute approximate surface area is 172 Å². The zero-order valence-electron chi connectivity index (χ0n) is 15.9. The van der Waals surface area contributed by atoms with Gasteiger partial charge in [0, 0.05) is 6.08 Å². The van der Waals surface area contributed by atoms with Crippen LogP contribution in [0.3, 0.4) is 0 Å². The Balaban J connectivity index is 1.97. The predicted octanol–water partition coefficient (Wildman–Crippen LogP) is 5.74. The van der Waals surface area contributed by atoms with Gasteiger partial charge in [-0.15, -0.1) is 0 Å². The van der Waals surface area contributed by atoms with Crippen LogP contribution in [0.1, 0.15) is 41.4 Å². The van der Waals surface area contributed by atoms with Gasteiger partial charge in [-0.2, -0.15) is 26.3 Å². The fraction of sp³-hybridized carbons (Fsp3) is 0.286. The summed E-state index contributed by atoms with van der Waals surface area (Å²) in [5.41, 5.74) is -2.88. The molecule has 10 heteroatoms. The summed E-state index contributed by atoms with van der Waals surface area (Å²) < 4.78 is 98.0. The largest absolute Gasteiger partial charge is 0.416 e. The summed E-state index contributed by atoms with van der Waals surface area (Å²) in [5.74, 6) is -0.985. The van der Waals surface area contributed by atoms with Crippen LogP contribution < -0.4 is 5.32 Å². The minimum Gasteiger partial charge on any atom is -0.363 e. The number of rotatable bonds is 5. The number of alkyl halides is 6. The molecule has 0 spiro atoms. The van der Waals surface area contributed by atoms with Gasteiger partial charge in [0.2, 0.25) is 5.91 Å². The molecule has 1 N–H and O–H groups in total. The molecule has 31 heavy (non-hydrogen) atoms. The Bertz CT molecular complexity index is 948. The van der Waals surface area contributed by atoms with Gasteiger partial charge in [-0.1, -0.05) is 18.2 Å². The lowest BCUT2D eigenvalue weighted by Gasteiger charge is -2.28. The molecule has 1 heterocycles. The van der Waals surface area contributed by atoms with E-state index in [4.69, 9.17) is 4.74 Å². The first kappa shape index (κ1) is 22.8. The van der Waals surface area contributed by atoms with Crippen molar-refractivity contribution >= 4 is 5.91 Å². The molecule has 3 nitrogen and oxygen atoms in total. The van der Waals surface area contributed by atoms with Gasteiger partial charge in [-0.3, -0.25) is 4.79 Å². The molecule has 0 bridgehead atoms. The number of benzene rings is 2. The summed E-state index contributed by atoms with van der Waals surface area (Å²) in [6, 6.07) is 5.44. The van der Waals surface area contributed by atoms with Crippen LogP contribution in [0.4, 0.5) is 30.7 Å². The second kappa shape index (κ2) is 8.33. The lowest BCUT2D eigenvalue weighted by molar-refractivity contribution is -0.143. The molecule has 1 aliphatic rings. The van der Waals surface area contributed by atoms with Gasteiger partial charge in [0.1, 0.15) is 11.9 Å². The van der Waals surface area contributed by atoms with Crippen LogP contribution in [-0.4, -0.2) is 11.9 Å². The highest BCUT2D eigenvalue weighted by Gasteiger charge is 2.38. The molecule has 3 atom stereocenters. The van der Waals surface area contributed by atoms with Crippen molar-refractivity contribution in [3.63, 3.8) is 0 Å². The van der Waals surface area contributed by atoms with Crippen molar-refractivity contribution < 1.29 is 40.3 Å². The van der Waals surface area contributed by atoms with Gasteiger partial charge in [0.25, 0.3) is 0 Å². The van der Waals surface area contributed by atoms with Crippen molar-refractivity contribution in [2.45, 2.75) is 37.5 Å². The zero-order valence-corrected chi connectivity index (χ0v) is 15.9. The smallest absolute Gasteiger partial charge is 0.363 e. The van der Waals surface area contributed by atoms with Gasteiger partial charge >= 0.3 is 12.4 Å². The highest BCUT2D eigenvalue weighted by molar-refractivity contribution is 5.90. The van der Waals surface area contributed by atoms with E-state index in [1.165, 1.54) is 31.2 Å². The van der Waals surface area contributed by atoms with Gasteiger partial charge in [-0.25, -0.2) is 4.39 Å². The number of hydrogen-bond donors (Lipinski definition) is 1. The topological polar surface area (TPSA) is 38.3 Å². The minimum absolute atomic E-state index is 0.0353. The molecule has 1 amide bonds. The van der Waals surface area contributed by atoms with E-state index in [-0.39, 0.29) is 11.6 Å². The molecule has 3 rings (SSSR count). The Morgan fingerprint density at radius 3 is 1.90 bits per heavy atom. The summed E-state index contributed by atoms with van der Waals surface area (Å²) in [5, 5.41) is 2.57.